The predicted octanol–water partition coefficient (Wildman–Crippen LogP) is 4.30. The van der Waals surface area contributed by atoms with Crippen LogP contribution in [0.2, 0.25) is 5.15 Å². The maximum atomic E-state index is 15.7. The molecule has 3 saturated carbocycles. The Hall–Kier alpha value is -3.53. The molecule has 7 rings (SSSR count). The molecule has 2 atom stereocenters. The van der Waals surface area contributed by atoms with Gasteiger partial charge in [0.05, 0.1) is 17.7 Å². The number of nitrogens with zero attached hydrogens (tertiary/aromatic N) is 5. The highest BCUT2D eigenvalue weighted by Gasteiger charge is 2.47. The molecule has 3 aliphatic rings. The lowest BCUT2D eigenvalue weighted by molar-refractivity contribution is -0.148. The lowest BCUT2D eigenvalue weighted by Gasteiger charge is -2.47. The first-order valence-electron chi connectivity index (χ1n) is 11.2. The van der Waals surface area contributed by atoms with Gasteiger partial charge in [0, 0.05) is 24.6 Å². The van der Waals surface area contributed by atoms with Gasteiger partial charge in [-0.05, 0) is 49.7 Å². The fourth-order valence-corrected chi connectivity index (χ4v) is 5.64. The van der Waals surface area contributed by atoms with E-state index >= 15 is 4.39 Å². The molecular formula is C23H21ClFN7O2. The highest BCUT2D eigenvalue weighted by atomic mass is 35.5. The van der Waals surface area contributed by atoms with Crippen LogP contribution in [0.1, 0.15) is 25.7 Å². The predicted molar refractivity (Wildman–Crippen MR) is 123 cm³/mol. The summed E-state index contributed by atoms with van der Waals surface area (Å²) in [6.07, 6.45) is 10.1. The van der Waals surface area contributed by atoms with Crippen molar-refractivity contribution in [3.8, 4) is 17.2 Å². The van der Waals surface area contributed by atoms with Crippen LogP contribution >= 0.6 is 11.6 Å². The van der Waals surface area contributed by atoms with Gasteiger partial charge in [-0.1, -0.05) is 11.6 Å². The third kappa shape index (κ3) is 3.40. The first kappa shape index (κ1) is 21.0. The summed E-state index contributed by atoms with van der Waals surface area (Å²) in [6, 6.07) is 3.13. The summed E-state index contributed by atoms with van der Waals surface area (Å²) in [6.45, 7) is 0. The maximum absolute atomic E-state index is 15.7. The van der Waals surface area contributed by atoms with Gasteiger partial charge < -0.3 is 20.0 Å². The summed E-state index contributed by atoms with van der Waals surface area (Å²) in [5.74, 6) is -1.60. The zero-order chi connectivity index (χ0) is 23.4. The Morgan fingerprint density at radius 2 is 1.88 bits per heavy atom. The second-order valence-electron chi connectivity index (χ2n) is 8.93. The number of carboxylic acid groups (broad SMARTS) is 1. The van der Waals surface area contributed by atoms with E-state index in [1.54, 1.807) is 35.3 Å². The SMILES string of the molecule is O=C(O)C1C2CCC(CC2)C1Nc1nc(-c2c[nH]c3ncc(Cl)nc23)nc(-n2cccc2)c1F. The van der Waals surface area contributed by atoms with Crippen LogP contribution < -0.4 is 5.32 Å². The molecule has 3 N–H and O–H groups in total. The Bertz CT molecular complexity index is 1380. The summed E-state index contributed by atoms with van der Waals surface area (Å²) < 4.78 is 17.3. The van der Waals surface area contributed by atoms with Crippen LogP contribution in [0, 0.1) is 23.6 Å². The normalized spacial score (nSPS) is 23.9. The number of hydrogen-bond acceptors (Lipinski definition) is 6. The number of aromatic amines is 1. The molecule has 4 aromatic heterocycles. The lowest BCUT2D eigenvalue weighted by atomic mass is 9.61. The molecule has 34 heavy (non-hydrogen) atoms. The van der Waals surface area contributed by atoms with E-state index < -0.39 is 23.7 Å². The van der Waals surface area contributed by atoms with E-state index in [0.717, 1.165) is 25.7 Å². The van der Waals surface area contributed by atoms with Crippen molar-refractivity contribution < 1.29 is 14.3 Å². The van der Waals surface area contributed by atoms with Crippen molar-refractivity contribution in [3.63, 3.8) is 0 Å². The molecule has 3 aliphatic carbocycles. The number of hydrogen-bond donors (Lipinski definition) is 3. The Labute approximate surface area is 198 Å². The highest BCUT2D eigenvalue weighted by Crippen LogP contribution is 2.46. The van der Waals surface area contributed by atoms with E-state index in [1.807, 2.05) is 0 Å². The Morgan fingerprint density at radius 1 is 1.15 bits per heavy atom. The van der Waals surface area contributed by atoms with Crippen LogP contribution in [-0.4, -0.2) is 46.6 Å². The zero-order valence-electron chi connectivity index (χ0n) is 17.9. The Kier molecular flexibility index (Phi) is 4.98. The molecule has 0 radical (unpaired) electrons. The standard InChI is InChI=1S/C23H21ClFN7O2/c24-14-10-27-21-18(28-14)13(9-26-21)19-30-20(16(25)22(31-19)32-7-1-2-8-32)29-17-12-5-3-11(4-6-12)15(17)23(33)34/h1-2,7-12,15,17H,3-6H2,(H,26,27)(H,33,34)(H,29,30,31). The first-order valence-corrected chi connectivity index (χ1v) is 11.6. The molecule has 2 bridgehead atoms. The zero-order valence-corrected chi connectivity index (χ0v) is 18.7. The summed E-state index contributed by atoms with van der Waals surface area (Å²) in [4.78, 5) is 32.7. The highest BCUT2D eigenvalue weighted by molar-refractivity contribution is 6.29. The molecular weight excluding hydrogens is 461 g/mol. The largest absolute Gasteiger partial charge is 0.481 e. The van der Waals surface area contributed by atoms with E-state index in [1.165, 1.54) is 6.20 Å². The topological polar surface area (TPSA) is 122 Å². The number of halogens is 2. The first-order chi connectivity index (χ1) is 16.5. The Balaban J connectivity index is 1.49. The van der Waals surface area contributed by atoms with Gasteiger partial charge in [-0.2, -0.15) is 4.39 Å². The molecule has 11 heteroatoms. The van der Waals surface area contributed by atoms with E-state index in [-0.39, 0.29) is 34.4 Å². The van der Waals surface area contributed by atoms with Crippen LogP contribution in [0.3, 0.4) is 0 Å². The summed E-state index contributed by atoms with van der Waals surface area (Å²) >= 11 is 6.05. The van der Waals surface area contributed by atoms with Gasteiger partial charge in [-0.15, -0.1) is 0 Å². The van der Waals surface area contributed by atoms with Crippen molar-refractivity contribution in [2.24, 2.45) is 17.8 Å². The van der Waals surface area contributed by atoms with Crippen molar-refractivity contribution in [2.45, 2.75) is 31.7 Å². The minimum absolute atomic E-state index is 0.0261. The number of carboxylic acids is 1. The van der Waals surface area contributed by atoms with Crippen LogP contribution in [0.25, 0.3) is 28.4 Å². The molecule has 174 valence electrons. The van der Waals surface area contributed by atoms with E-state index in [0.29, 0.717) is 16.7 Å². The number of fused-ring (bicyclic) bond motifs is 4. The van der Waals surface area contributed by atoms with Crippen LogP contribution in [0.15, 0.2) is 36.9 Å². The van der Waals surface area contributed by atoms with E-state index in [9.17, 15) is 9.90 Å². The van der Waals surface area contributed by atoms with Crippen LogP contribution in [-0.2, 0) is 4.79 Å². The molecule has 4 aromatic rings. The smallest absolute Gasteiger partial charge is 0.308 e. The fraction of sp³-hybridized carbons (Fsp3) is 0.348. The number of anilines is 1. The van der Waals surface area contributed by atoms with Crippen molar-refractivity contribution in [2.75, 3.05) is 5.32 Å². The van der Waals surface area contributed by atoms with Gasteiger partial charge in [-0.3, -0.25) is 4.79 Å². The molecule has 0 amide bonds. The van der Waals surface area contributed by atoms with Gasteiger partial charge in [-0.25, -0.2) is 19.9 Å². The molecule has 0 aromatic carbocycles. The quantitative estimate of drug-likeness (QED) is 0.388. The summed E-state index contributed by atoms with van der Waals surface area (Å²) in [5.41, 5.74) is 1.48. The number of aliphatic carboxylic acids is 1. The third-order valence-corrected chi connectivity index (χ3v) is 7.26. The van der Waals surface area contributed by atoms with Gasteiger partial charge in [0.2, 0.25) is 5.82 Å². The number of nitrogens with one attached hydrogen (secondary N) is 2. The van der Waals surface area contributed by atoms with Crippen LogP contribution in [0.4, 0.5) is 10.2 Å². The number of aromatic nitrogens is 6. The molecule has 0 saturated heterocycles. The van der Waals surface area contributed by atoms with Crippen molar-refractivity contribution in [1.29, 1.82) is 0 Å². The van der Waals surface area contributed by atoms with Gasteiger partial charge in [0.1, 0.15) is 10.7 Å². The fourth-order valence-electron chi connectivity index (χ4n) is 5.51. The molecule has 9 nitrogen and oxygen atoms in total. The summed E-state index contributed by atoms with van der Waals surface area (Å²) in [5, 5.41) is 13.3. The second kappa shape index (κ2) is 8.05. The van der Waals surface area contributed by atoms with Gasteiger partial charge in [0.15, 0.2) is 23.1 Å². The summed E-state index contributed by atoms with van der Waals surface area (Å²) in [7, 11) is 0. The lowest BCUT2D eigenvalue weighted by Crippen LogP contribution is -2.51. The number of rotatable bonds is 5. The monoisotopic (exact) mass is 481 g/mol. The van der Waals surface area contributed by atoms with Gasteiger partial charge >= 0.3 is 5.97 Å². The average molecular weight is 482 g/mol. The van der Waals surface area contributed by atoms with Crippen molar-refractivity contribution in [1.82, 2.24) is 29.5 Å². The molecule has 4 heterocycles. The van der Waals surface area contributed by atoms with Gasteiger partial charge in [0.25, 0.3) is 0 Å². The number of H-pyrrole nitrogens is 1. The minimum Gasteiger partial charge on any atom is -0.481 e. The minimum atomic E-state index is -0.853. The maximum Gasteiger partial charge on any atom is 0.308 e. The van der Waals surface area contributed by atoms with E-state index in [2.05, 4.69) is 30.2 Å². The molecule has 2 unspecified atom stereocenters. The van der Waals surface area contributed by atoms with Crippen molar-refractivity contribution in [3.05, 3.63) is 47.9 Å². The second-order valence-corrected chi connectivity index (χ2v) is 9.31. The molecule has 0 aliphatic heterocycles. The third-order valence-electron chi connectivity index (χ3n) is 7.08. The molecule has 3 fully saturated rings. The Morgan fingerprint density at radius 3 is 2.62 bits per heavy atom. The number of carbonyl (C=O) groups is 1. The van der Waals surface area contributed by atoms with Crippen molar-refractivity contribution >= 4 is 34.6 Å². The molecule has 0 spiro atoms. The average Bonchev–Trinajstić information content (AvgIpc) is 3.51. The van der Waals surface area contributed by atoms with E-state index in [4.69, 9.17) is 11.6 Å². The van der Waals surface area contributed by atoms with Crippen LogP contribution in [0.5, 0.6) is 0 Å².